The highest BCUT2D eigenvalue weighted by atomic mass is 16.5. The van der Waals surface area contributed by atoms with E-state index in [4.69, 9.17) is 9.84 Å². The number of ether oxygens (including phenoxy) is 1. The van der Waals surface area contributed by atoms with Crippen molar-refractivity contribution < 1.29 is 24.5 Å². The van der Waals surface area contributed by atoms with E-state index in [1.165, 1.54) is 11.0 Å². The maximum absolute atomic E-state index is 13.1. The Bertz CT molecular complexity index is 1270. The zero-order chi connectivity index (χ0) is 22.4. The van der Waals surface area contributed by atoms with Gasteiger partial charge in [0, 0.05) is 54.9 Å². The fourth-order valence-corrected chi connectivity index (χ4v) is 4.39. The quantitative estimate of drug-likeness (QED) is 0.545. The second-order valence-corrected chi connectivity index (χ2v) is 8.13. The number of piperazine rings is 1. The predicted octanol–water partition coefficient (Wildman–Crippen LogP) is 3.59. The number of rotatable bonds is 3. The molecule has 164 valence electrons. The van der Waals surface area contributed by atoms with Gasteiger partial charge in [-0.1, -0.05) is 18.2 Å². The predicted molar refractivity (Wildman–Crippen MR) is 119 cm³/mol. The molecule has 3 aromatic rings. The Morgan fingerprint density at radius 3 is 2.66 bits per heavy atom. The van der Waals surface area contributed by atoms with Crippen molar-refractivity contribution in [1.29, 1.82) is 0 Å². The summed E-state index contributed by atoms with van der Waals surface area (Å²) in [4.78, 5) is 31.0. The first-order valence-electron chi connectivity index (χ1n) is 10.5. The third-order valence-electron chi connectivity index (χ3n) is 6.16. The summed E-state index contributed by atoms with van der Waals surface area (Å²) in [6.45, 7) is 4.20. The van der Waals surface area contributed by atoms with E-state index in [0.717, 1.165) is 22.2 Å². The summed E-state index contributed by atoms with van der Waals surface area (Å²) in [5.41, 5.74) is 3.78. The molecular weight excluding hydrogens is 410 g/mol. The molecule has 3 heterocycles. The number of carboxylic acid groups (broad SMARTS) is 1. The van der Waals surface area contributed by atoms with Gasteiger partial charge in [0.2, 0.25) is 5.78 Å². The van der Waals surface area contributed by atoms with Crippen LogP contribution in [0.4, 0.5) is 4.79 Å². The van der Waals surface area contributed by atoms with Crippen molar-refractivity contribution in [3.05, 3.63) is 64.5 Å². The van der Waals surface area contributed by atoms with Gasteiger partial charge >= 0.3 is 6.09 Å². The molecule has 0 spiro atoms. The smallest absolute Gasteiger partial charge is 0.407 e. The number of H-pyrrole nitrogens is 1. The third kappa shape index (κ3) is 3.38. The molecule has 0 aliphatic carbocycles. The van der Waals surface area contributed by atoms with E-state index >= 15 is 0 Å². The topological polar surface area (TPSA) is 106 Å². The number of fused-ring (bicyclic) bond motifs is 2. The highest BCUT2D eigenvalue weighted by molar-refractivity contribution is 6.15. The summed E-state index contributed by atoms with van der Waals surface area (Å²) in [6.07, 6.45) is 0.826. The number of aryl methyl sites for hydroxylation is 1. The van der Waals surface area contributed by atoms with Crippen molar-refractivity contribution >= 4 is 28.9 Å². The molecule has 3 N–H and O–H groups in total. The van der Waals surface area contributed by atoms with Crippen LogP contribution in [0, 0.1) is 6.92 Å². The van der Waals surface area contributed by atoms with Gasteiger partial charge in [0.25, 0.3) is 0 Å². The monoisotopic (exact) mass is 433 g/mol. The van der Waals surface area contributed by atoms with Crippen LogP contribution in [-0.4, -0.2) is 63.1 Å². The molecule has 2 aromatic carbocycles. The number of benzene rings is 2. The SMILES string of the molecule is Cc1[nH]c2ccccc2c1/C=C1\Oc2c(ccc(O)c2CN2CCN(C(=O)O)CC2)C1=O. The molecule has 2 aliphatic heterocycles. The highest BCUT2D eigenvalue weighted by Crippen LogP contribution is 2.40. The number of aromatic nitrogens is 1. The number of phenols is 1. The lowest BCUT2D eigenvalue weighted by Crippen LogP contribution is -2.47. The molecule has 0 saturated carbocycles. The second kappa shape index (κ2) is 7.72. The Hall–Kier alpha value is -3.78. The van der Waals surface area contributed by atoms with Crippen molar-refractivity contribution in [1.82, 2.24) is 14.8 Å². The average Bonchev–Trinajstić information content (AvgIpc) is 3.27. The Balaban J connectivity index is 1.44. The van der Waals surface area contributed by atoms with Crippen LogP contribution < -0.4 is 4.74 Å². The van der Waals surface area contributed by atoms with Crippen molar-refractivity contribution in [2.75, 3.05) is 26.2 Å². The Kier molecular flexibility index (Phi) is 4.86. The molecule has 5 rings (SSSR count). The van der Waals surface area contributed by atoms with Crippen LogP contribution in [0.25, 0.3) is 17.0 Å². The maximum atomic E-state index is 13.1. The summed E-state index contributed by atoms with van der Waals surface area (Å²) in [6, 6.07) is 11.0. The standard InChI is InChI=1S/C24H23N3O5/c1-14-17(15-4-2-3-5-19(15)25-14)12-21-22(29)16-6-7-20(28)18(23(16)32-21)13-26-8-10-27(11-9-26)24(30)31/h2-7,12,25,28H,8-11,13H2,1H3,(H,30,31)/b21-12-. The van der Waals surface area contributed by atoms with E-state index in [-0.39, 0.29) is 17.3 Å². The molecule has 1 fully saturated rings. The number of aromatic amines is 1. The number of carbonyl (C=O) groups excluding carboxylic acids is 1. The minimum atomic E-state index is -0.926. The Morgan fingerprint density at radius 1 is 1.16 bits per heavy atom. The fraction of sp³-hybridized carbons (Fsp3) is 0.250. The summed E-state index contributed by atoms with van der Waals surface area (Å²) < 4.78 is 6.02. The molecule has 0 radical (unpaired) electrons. The number of amides is 1. The van der Waals surface area contributed by atoms with Gasteiger partial charge in [-0.3, -0.25) is 9.69 Å². The summed E-state index contributed by atoms with van der Waals surface area (Å²) in [7, 11) is 0. The van der Waals surface area contributed by atoms with Crippen LogP contribution in [0.2, 0.25) is 0 Å². The Labute approximate surface area is 184 Å². The normalized spacial score (nSPS) is 17.7. The maximum Gasteiger partial charge on any atom is 0.407 e. The zero-order valence-electron chi connectivity index (χ0n) is 17.6. The Morgan fingerprint density at radius 2 is 1.91 bits per heavy atom. The zero-order valence-corrected chi connectivity index (χ0v) is 17.6. The van der Waals surface area contributed by atoms with E-state index in [0.29, 0.717) is 49.6 Å². The number of allylic oxidation sites excluding steroid dienone is 1. The lowest BCUT2D eigenvalue weighted by molar-refractivity contribution is 0.101. The highest BCUT2D eigenvalue weighted by Gasteiger charge is 2.32. The fourth-order valence-electron chi connectivity index (χ4n) is 4.39. The van der Waals surface area contributed by atoms with Gasteiger partial charge in [0.15, 0.2) is 5.76 Å². The van der Waals surface area contributed by atoms with Crippen LogP contribution in [0.15, 0.2) is 42.2 Å². The number of aromatic hydroxyl groups is 1. The number of nitrogens with zero attached hydrogens (tertiary/aromatic N) is 2. The lowest BCUT2D eigenvalue weighted by atomic mass is 10.0. The number of para-hydroxylation sites is 1. The van der Waals surface area contributed by atoms with E-state index in [1.54, 1.807) is 12.1 Å². The molecule has 2 aliphatic rings. The number of carbonyl (C=O) groups is 2. The first kappa shape index (κ1) is 20.1. The lowest BCUT2D eigenvalue weighted by Gasteiger charge is -2.33. The summed E-state index contributed by atoms with van der Waals surface area (Å²) in [5.74, 6) is 0.429. The van der Waals surface area contributed by atoms with Crippen LogP contribution in [0.5, 0.6) is 11.5 Å². The van der Waals surface area contributed by atoms with Gasteiger partial charge in [-0.15, -0.1) is 0 Å². The molecule has 1 amide bonds. The van der Waals surface area contributed by atoms with Gasteiger partial charge in [-0.2, -0.15) is 0 Å². The molecule has 0 atom stereocenters. The van der Waals surface area contributed by atoms with E-state index in [9.17, 15) is 14.7 Å². The number of hydrogen-bond acceptors (Lipinski definition) is 5. The third-order valence-corrected chi connectivity index (χ3v) is 6.16. The van der Waals surface area contributed by atoms with Gasteiger partial charge in [-0.25, -0.2) is 4.79 Å². The average molecular weight is 433 g/mol. The van der Waals surface area contributed by atoms with Gasteiger partial charge < -0.3 is 24.8 Å². The van der Waals surface area contributed by atoms with Gasteiger partial charge in [-0.05, 0) is 31.2 Å². The summed E-state index contributed by atoms with van der Waals surface area (Å²) >= 11 is 0. The molecule has 0 bridgehead atoms. The van der Waals surface area contributed by atoms with Gasteiger partial charge in [0.1, 0.15) is 11.5 Å². The van der Waals surface area contributed by atoms with Crippen LogP contribution in [0.1, 0.15) is 27.2 Å². The second-order valence-electron chi connectivity index (χ2n) is 8.13. The van der Waals surface area contributed by atoms with Crippen LogP contribution in [0.3, 0.4) is 0 Å². The van der Waals surface area contributed by atoms with E-state index < -0.39 is 6.09 Å². The number of phenolic OH excluding ortho intramolecular Hbond substituents is 1. The number of ketones is 1. The minimum absolute atomic E-state index is 0.0572. The molecule has 8 heteroatoms. The summed E-state index contributed by atoms with van der Waals surface area (Å²) in [5, 5.41) is 20.7. The largest absolute Gasteiger partial charge is 0.507 e. The number of nitrogens with one attached hydrogen (secondary N) is 1. The molecule has 0 unspecified atom stereocenters. The molecular formula is C24H23N3O5. The molecule has 1 saturated heterocycles. The number of hydrogen-bond donors (Lipinski definition) is 3. The van der Waals surface area contributed by atoms with Crippen molar-refractivity contribution in [3.8, 4) is 11.5 Å². The van der Waals surface area contributed by atoms with E-state index in [2.05, 4.69) is 4.98 Å². The first-order chi connectivity index (χ1) is 15.4. The molecule has 8 nitrogen and oxygen atoms in total. The minimum Gasteiger partial charge on any atom is -0.507 e. The van der Waals surface area contributed by atoms with Crippen molar-refractivity contribution in [2.45, 2.75) is 13.5 Å². The van der Waals surface area contributed by atoms with Crippen LogP contribution in [-0.2, 0) is 6.54 Å². The first-order valence-corrected chi connectivity index (χ1v) is 10.5. The number of Topliss-reactive ketones (excluding diaryl/α,β-unsaturated/α-hetero) is 1. The van der Waals surface area contributed by atoms with Gasteiger partial charge in [0.05, 0.1) is 11.1 Å². The molecule has 32 heavy (non-hydrogen) atoms. The van der Waals surface area contributed by atoms with Crippen molar-refractivity contribution in [3.63, 3.8) is 0 Å². The van der Waals surface area contributed by atoms with E-state index in [1.807, 2.05) is 36.1 Å². The van der Waals surface area contributed by atoms with Crippen LogP contribution >= 0.6 is 0 Å². The van der Waals surface area contributed by atoms with Crippen molar-refractivity contribution in [2.24, 2.45) is 0 Å². The molecule has 1 aromatic heterocycles.